The number of nitrogens with zero attached hydrogens (tertiary/aromatic N) is 2. The SMILES string of the molecule is CC(C)(C)CC(=O)Nc1ccc(-c2n[nH]c(CN)n2)cc1. The van der Waals surface area contributed by atoms with Crippen LogP contribution in [0.3, 0.4) is 0 Å². The molecule has 1 aromatic carbocycles. The van der Waals surface area contributed by atoms with E-state index < -0.39 is 0 Å². The Hall–Kier alpha value is -2.21. The van der Waals surface area contributed by atoms with Crippen LogP contribution in [0.4, 0.5) is 5.69 Å². The van der Waals surface area contributed by atoms with Crippen LogP contribution in [0.1, 0.15) is 33.0 Å². The average Bonchev–Trinajstić information content (AvgIpc) is 2.86. The number of anilines is 1. The van der Waals surface area contributed by atoms with Crippen molar-refractivity contribution < 1.29 is 4.79 Å². The first-order valence-electron chi connectivity index (χ1n) is 6.89. The van der Waals surface area contributed by atoms with Gasteiger partial charge in [-0.1, -0.05) is 20.8 Å². The fourth-order valence-corrected chi connectivity index (χ4v) is 1.91. The zero-order chi connectivity index (χ0) is 15.5. The third kappa shape index (κ3) is 4.39. The number of carbonyl (C=O) groups excluding carboxylic acids is 1. The number of nitrogens with one attached hydrogen (secondary N) is 2. The van der Waals surface area contributed by atoms with Crippen LogP contribution in [-0.4, -0.2) is 21.1 Å². The van der Waals surface area contributed by atoms with E-state index in [0.717, 1.165) is 11.3 Å². The van der Waals surface area contributed by atoms with Crippen molar-refractivity contribution in [3.63, 3.8) is 0 Å². The minimum absolute atomic E-state index is 0.0126. The summed E-state index contributed by atoms with van der Waals surface area (Å²) in [5.74, 6) is 1.26. The normalized spacial score (nSPS) is 11.4. The van der Waals surface area contributed by atoms with Gasteiger partial charge in [-0.25, -0.2) is 4.98 Å². The third-order valence-electron chi connectivity index (χ3n) is 2.84. The molecule has 1 aromatic heterocycles. The molecule has 0 saturated heterocycles. The summed E-state index contributed by atoms with van der Waals surface area (Å²) in [5.41, 5.74) is 7.10. The molecule has 0 saturated carbocycles. The number of hydrogen-bond acceptors (Lipinski definition) is 4. The Labute approximate surface area is 124 Å². The number of aromatic amines is 1. The lowest BCUT2D eigenvalue weighted by Gasteiger charge is -2.17. The maximum atomic E-state index is 11.9. The van der Waals surface area contributed by atoms with Crippen LogP contribution < -0.4 is 11.1 Å². The molecule has 21 heavy (non-hydrogen) atoms. The number of amides is 1. The molecule has 2 rings (SSSR count). The summed E-state index contributed by atoms with van der Waals surface area (Å²) in [6.07, 6.45) is 0.482. The second-order valence-corrected chi connectivity index (χ2v) is 6.17. The number of hydrogen-bond donors (Lipinski definition) is 3. The van der Waals surface area contributed by atoms with Crippen molar-refractivity contribution in [2.45, 2.75) is 33.7 Å². The Morgan fingerprint density at radius 3 is 2.48 bits per heavy atom. The van der Waals surface area contributed by atoms with E-state index in [9.17, 15) is 4.79 Å². The zero-order valence-electron chi connectivity index (χ0n) is 12.6. The molecule has 0 unspecified atom stereocenters. The zero-order valence-corrected chi connectivity index (χ0v) is 12.6. The van der Waals surface area contributed by atoms with E-state index >= 15 is 0 Å². The molecule has 0 aliphatic heterocycles. The molecule has 0 atom stereocenters. The van der Waals surface area contributed by atoms with Gasteiger partial charge >= 0.3 is 0 Å². The molecule has 0 spiro atoms. The molecular formula is C15H21N5O. The molecule has 0 aliphatic rings. The Kier molecular flexibility index (Phi) is 4.37. The molecule has 1 heterocycles. The first-order chi connectivity index (χ1) is 9.87. The number of nitrogens with two attached hydrogens (primary N) is 1. The lowest BCUT2D eigenvalue weighted by atomic mass is 9.92. The average molecular weight is 287 g/mol. The number of aromatic nitrogens is 3. The van der Waals surface area contributed by atoms with Crippen molar-refractivity contribution in [3.8, 4) is 11.4 Å². The molecule has 112 valence electrons. The Bertz CT molecular complexity index is 610. The van der Waals surface area contributed by atoms with E-state index in [1.165, 1.54) is 0 Å². The summed E-state index contributed by atoms with van der Waals surface area (Å²) in [6, 6.07) is 7.43. The van der Waals surface area contributed by atoms with Crippen molar-refractivity contribution in [2.75, 3.05) is 5.32 Å². The van der Waals surface area contributed by atoms with Crippen LogP contribution in [0.2, 0.25) is 0 Å². The monoisotopic (exact) mass is 287 g/mol. The van der Waals surface area contributed by atoms with E-state index in [1.807, 2.05) is 45.0 Å². The highest BCUT2D eigenvalue weighted by Crippen LogP contribution is 2.21. The first kappa shape index (κ1) is 15.2. The number of rotatable bonds is 4. The maximum absolute atomic E-state index is 11.9. The molecular weight excluding hydrogens is 266 g/mol. The minimum atomic E-state index is -0.0262. The van der Waals surface area contributed by atoms with Crippen LogP contribution in [0, 0.1) is 5.41 Å². The second kappa shape index (κ2) is 6.05. The number of H-pyrrole nitrogens is 1. The second-order valence-electron chi connectivity index (χ2n) is 6.17. The van der Waals surface area contributed by atoms with E-state index in [-0.39, 0.29) is 11.3 Å². The molecule has 4 N–H and O–H groups in total. The van der Waals surface area contributed by atoms with Gasteiger partial charge in [-0.3, -0.25) is 9.89 Å². The summed E-state index contributed by atoms with van der Waals surface area (Å²) >= 11 is 0. The van der Waals surface area contributed by atoms with Gasteiger partial charge in [0.15, 0.2) is 5.82 Å². The van der Waals surface area contributed by atoms with Crippen molar-refractivity contribution in [1.29, 1.82) is 0 Å². The summed E-state index contributed by atoms with van der Waals surface area (Å²) in [6.45, 7) is 6.43. The van der Waals surface area contributed by atoms with Crippen molar-refractivity contribution in [3.05, 3.63) is 30.1 Å². The highest BCUT2D eigenvalue weighted by Gasteiger charge is 2.16. The van der Waals surface area contributed by atoms with E-state index in [0.29, 0.717) is 24.6 Å². The fraction of sp³-hybridized carbons (Fsp3) is 0.400. The van der Waals surface area contributed by atoms with Crippen molar-refractivity contribution >= 4 is 11.6 Å². The van der Waals surface area contributed by atoms with E-state index in [1.54, 1.807) is 0 Å². The standard InChI is InChI=1S/C15H21N5O/c1-15(2,3)8-13(21)17-11-6-4-10(5-7-11)14-18-12(9-16)19-20-14/h4-7H,8-9,16H2,1-3H3,(H,17,21)(H,18,19,20). The van der Waals surface area contributed by atoms with Gasteiger partial charge in [0, 0.05) is 17.7 Å². The largest absolute Gasteiger partial charge is 0.326 e. The third-order valence-corrected chi connectivity index (χ3v) is 2.84. The summed E-state index contributed by atoms with van der Waals surface area (Å²) in [4.78, 5) is 16.1. The van der Waals surface area contributed by atoms with E-state index in [2.05, 4.69) is 20.5 Å². The van der Waals surface area contributed by atoms with E-state index in [4.69, 9.17) is 5.73 Å². The molecule has 0 fully saturated rings. The molecule has 0 aliphatic carbocycles. The van der Waals surface area contributed by atoms with Crippen LogP contribution in [0.15, 0.2) is 24.3 Å². The molecule has 0 radical (unpaired) electrons. The van der Waals surface area contributed by atoms with Crippen molar-refractivity contribution in [2.24, 2.45) is 11.1 Å². The fourth-order valence-electron chi connectivity index (χ4n) is 1.91. The highest BCUT2D eigenvalue weighted by molar-refractivity contribution is 5.91. The Morgan fingerprint density at radius 1 is 1.29 bits per heavy atom. The van der Waals surface area contributed by atoms with Gasteiger partial charge in [0.2, 0.25) is 5.91 Å². The van der Waals surface area contributed by atoms with Gasteiger partial charge in [0.05, 0.1) is 6.54 Å². The highest BCUT2D eigenvalue weighted by atomic mass is 16.1. The molecule has 2 aromatic rings. The predicted octanol–water partition coefficient (Wildman–Crippen LogP) is 2.31. The van der Waals surface area contributed by atoms with Gasteiger partial charge in [-0.2, -0.15) is 5.10 Å². The Balaban J connectivity index is 2.03. The predicted molar refractivity (Wildman–Crippen MR) is 82.4 cm³/mol. The smallest absolute Gasteiger partial charge is 0.224 e. The first-order valence-corrected chi connectivity index (χ1v) is 6.89. The number of benzene rings is 1. The van der Waals surface area contributed by atoms with Gasteiger partial charge in [-0.05, 0) is 29.7 Å². The summed E-state index contributed by atoms with van der Waals surface area (Å²) in [5, 5.41) is 9.75. The lowest BCUT2D eigenvalue weighted by Crippen LogP contribution is -2.19. The topological polar surface area (TPSA) is 96.7 Å². The van der Waals surface area contributed by atoms with Crippen LogP contribution in [0.5, 0.6) is 0 Å². The molecule has 6 nitrogen and oxygen atoms in total. The van der Waals surface area contributed by atoms with Crippen molar-refractivity contribution in [1.82, 2.24) is 15.2 Å². The molecule has 6 heteroatoms. The van der Waals surface area contributed by atoms with Gasteiger partial charge in [-0.15, -0.1) is 0 Å². The summed E-state index contributed by atoms with van der Waals surface area (Å²) in [7, 11) is 0. The van der Waals surface area contributed by atoms with Crippen LogP contribution in [0.25, 0.3) is 11.4 Å². The minimum Gasteiger partial charge on any atom is -0.326 e. The maximum Gasteiger partial charge on any atom is 0.224 e. The van der Waals surface area contributed by atoms with Gasteiger partial charge < -0.3 is 11.1 Å². The number of carbonyl (C=O) groups is 1. The van der Waals surface area contributed by atoms with Gasteiger partial charge in [0.1, 0.15) is 5.82 Å². The molecule has 0 bridgehead atoms. The Morgan fingerprint density at radius 2 is 1.95 bits per heavy atom. The summed E-state index contributed by atoms with van der Waals surface area (Å²) < 4.78 is 0. The van der Waals surface area contributed by atoms with Crippen LogP contribution >= 0.6 is 0 Å². The van der Waals surface area contributed by atoms with Crippen LogP contribution in [-0.2, 0) is 11.3 Å². The van der Waals surface area contributed by atoms with Gasteiger partial charge in [0.25, 0.3) is 0 Å². The quantitative estimate of drug-likeness (QED) is 0.803. The lowest BCUT2D eigenvalue weighted by molar-refractivity contribution is -0.117. The molecule has 1 amide bonds.